The van der Waals surface area contributed by atoms with Crippen molar-refractivity contribution in [3.63, 3.8) is 0 Å². The van der Waals surface area contributed by atoms with Crippen molar-refractivity contribution in [1.29, 1.82) is 0 Å². The second kappa shape index (κ2) is 2.68. The molecule has 0 saturated carbocycles. The van der Waals surface area contributed by atoms with Crippen molar-refractivity contribution in [3.05, 3.63) is 23.3 Å². The molecule has 2 rings (SSSR count). The summed E-state index contributed by atoms with van der Waals surface area (Å²) in [7, 11) is 0. The average Bonchev–Trinajstić information content (AvgIpc) is 2.54. The normalized spacial score (nSPS) is 13.5. The van der Waals surface area contributed by atoms with Crippen LogP contribution in [0.2, 0.25) is 0 Å². The van der Waals surface area contributed by atoms with Gasteiger partial charge in [-0.25, -0.2) is 0 Å². The highest BCUT2D eigenvalue weighted by atomic mass is 16.7. The van der Waals surface area contributed by atoms with Crippen molar-refractivity contribution in [2.45, 2.75) is 13.5 Å². The Bertz CT molecular complexity index is 307. The van der Waals surface area contributed by atoms with Crippen LogP contribution in [0.1, 0.15) is 11.1 Å². The Morgan fingerprint density at radius 1 is 1.33 bits per heavy atom. The molecule has 0 aromatic heterocycles. The molecule has 0 bridgehead atoms. The van der Waals surface area contributed by atoms with E-state index in [1.807, 2.05) is 19.1 Å². The summed E-state index contributed by atoms with van der Waals surface area (Å²) >= 11 is 0. The van der Waals surface area contributed by atoms with Gasteiger partial charge in [0.05, 0.1) is 6.61 Å². The van der Waals surface area contributed by atoms with E-state index in [1.165, 1.54) is 0 Å². The molecule has 1 heterocycles. The zero-order valence-electron chi connectivity index (χ0n) is 6.83. The van der Waals surface area contributed by atoms with E-state index in [9.17, 15) is 0 Å². The lowest BCUT2D eigenvalue weighted by Gasteiger charge is -2.03. The Kier molecular flexibility index (Phi) is 1.66. The predicted octanol–water partition coefficient (Wildman–Crippen LogP) is 1.22. The minimum absolute atomic E-state index is 0.00796. The molecular weight excluding hydrogens is 156 g/mol. The number of fused-ring (bicyclic) bond motifs is 1. The van der Waals surface area contributed by atoms with Crippen molar-refractivity contribution in [2.24, 2.45) is 0 Å². The lowest BCUT2D eigenvalue weighted by atomic mass is 10.1. The molecule has 0 spiro atoms. The second-order valence-electron chi connectivity index (χ2n) is 2.76. The number of hydrogen-bond acceptors (Lipinski definition) is 3. The molecule has 0 fully saturated rings. The molecule has 1 aromatic carbocycles. The highest BCUT2D eigenvalue weighted by molar-refractivity contribution is 5.52. The first-order chi connectivity index (χ1) is 5.83. The quantitative estimate of drug-likeness (QED) is 0.681. The SMILES string of the molecule is Cc1ccc(CO)c2c1OCO2. The van der Waals surface area contributed by atoms with Crippen LogP contribution in [0.3, 0.4) is 0 Å². The minimum atomic E-state index is -0.00796. The fourth-order valence-corrected chi connectivity index (χ4v) is 1.31. The van der Waals surface area contributed by atoms with Gasteiger partial charge in [0, 0.05) is 5.56 Å². The predicted molar refractivity (Wildman–Crippen MR) is 43.2 cm³/mol. The topological polar surface area (TPSA) is 38.7 Å². The molecule has 1 aromatic rings. The summed E-state index contributed by atoms with van der Waals surface area (Å²) in [5, 5.41) is 8.96. The summed E-state index contributed by atoms with van der Waals surface area (Å²) in [4.78, 5) is 0. The highest BCUT2D eigenvalue weighted by Crippen LogP contribution is 2.38. The standard InChI is InChI=1S/C9H10O3/c1-6-2-3-7(4-10)9-8(6)11-5-12-9/h2-3,10H,4-5H2,1H3. The molecule has 64 valence electrons. The van der Waals surface area contributed by atoms with Gasteiger partial charge in [-0.15, -0.1) is 0 Å². The van der Waals surface area contributed by atoms with Gasteiger partial charge in [0.1, 0.15) is 0 Å². The van der Waals surface area contributed by atoms with E-state index >= 15 is 0 Å². The number of ether oxygens (including phenoxy) is 2. The molecule has 1 N–H and O–H groups in total. The Hall–Kier alpha value is -1.22. The molecule has 12 heavy (non-hydrogen) atoms. The fraction of sp³-hybridized carbons (Fsp3) is 0.333. The summed E-state index contributed by atoms with van der Waals surface area (Å²) in [5.74, 6) is 1.46. The maximum absolute atomic E-state index is 8.96. The maximum atomic E-state index is 8.96. The summed E-state index contributed by atoms with van der Waals surface area (Å²) in [6.45, 7) is 2.20. The molecule has 1 aliphatic heterocycles. The minimum Gasteiger partial charge on any atom is -0.453 e. The molecule has 3 nitrogen and oxygen atoms in total. The molecule has 0 aliphatic carbocycles. The van der Waals surface area contributed by atoms with Crippen LogP contribution in [-0.4, -0.2) is 11.9 Å². The first-order valence-electron chi connectivity index (χ1n) is 3.82. The second-order valence-corrected chi connectivity index (χ2v) is 2.76. The van der Waals surface area contributed by atoms with E-state index in [2.05, 4.69) is 0 Å². The van der Waals surface area contributed by atoms with Crippen LogP contribution in [0.5, 0.6) is 11.5 Å². The molecule has 1 aliphatic rings. The van der Waals surface area contributed by atoms with Crippen LogP contribution >= 0.6 is 0 Å². The van der Waals surface area contributed by atoms with Gasteiger partial charge in [-0.3, -0.25) is 0 Å². The number of benzene rings is 1. The van der Waals surface area contributed by atoms with Crippen molar-refractivity contribution in [2.75, 3.05) is 6.79 Å². The molecular formula is C9H10O3. The lowest BCUT2D eigenvalue weighted by molar-refractivity contribution is 0.171. The van der Waals surface area contributed by atoms with E-state index in [-0.39, 0.29) is 13.4 Å². The van der Waals surface area contributed by atoms with Crippen molar-refractivity contribution < 1.29 is 14.6 Å². The third kappa shape index (κ3) is 0.940. The number of rotatable bonds is 1. The van der Waals surface area contributed by atoms with E-state index in [0.717, 1.165) is 16.9 Å². The van der Waals surface area contributed by atoms with Crippen molar-refractivity contribution in [1.82, 2.24) is 0 Å². The van der Waals surface area contributed by atoms with Crippen LogP contribution in [0.25, 0.3) is 0 Å². The summed E-state index contributed by atoms with van der Waals surface area (Å²) in [6, 6.07) is 3.77. The van der Waals surface area contributed by atoms with E-state index < -0.39 is 0 Å². The Morgan fingerprint density at radius 2 is 2.08 bits per heavy atom. The molecule has 0 amide bonds. The third-order valence-corrected chi connectivity index (χ3v) is 1.97. The maximum Gasteiger partial charge on any atom is 0.231 e. The van der Waals surface area contributed by atoms with Gasteiger partial charge in [-0.05, 0) is 12.5 Å². The van der Waals surface area contributed by atoms with Crippen LogP contribution in [0.15, 0.2) is 12.1 Å². The number of hydrogen-bond donors (Lipinski definition) is 1. The van der Waals surface area contributed by atoms with Crippen LogP contribution in [0, 0.1) is 6.92 Å². The first kappa shape index (κ1) is 7.43. The molecule has 0 atom stereocenters. The summed E-state index contributed by atoms with van der Waals surface area (Å²) in [6.07, 6.45) is 0. The van der Waals surface area contributed by atoms with Crippen LogP contribution in [-0.2, 0) is 6.61 Å². The van der Waals surface area contributed by atoms with Crippen LogP contribution < -0.4 is 9.47 Å². The van der Waals surface area contributed by atoms with Gasteiger partial charge in [-0.2, -0.15) is 0 Å². The highest BCUT2D eigenvalue weighted by Gasteiger charge is 2.18. The lowest BCUT2D eigenvalue weighted by Crippen LogP contribution is -1.94. The van der Waals surface area contributed by atoms with Gasteiger partial charge in [0.15, 0.2) is 11.5 Å². The fourth-order valence-electron chi connectivity index (χ4n) is 1.31. The Morgan fingerprint density at radius 3 is 2.83 bits per heavy atom. The van der Waals surface area contributed by atoms with E-state index in [0.29, 0.717) is 5.75 Å². The zero-order valence-corrected chi connectivity index (χ0v) is 6.83. The largest absolute Gasteiger partial charge is 0.453 e. The van der Waals surface area contributed by atoms with Gasteiger partial charge in [0.25, 0.3) is 0 Å². The average molecular weight is 166 g/mol. The Labute approximate surface area is 70.5 Å². The first-order valence-corrected chi connectivity index (χ1v) is 3.82. The van der Waals surface area contributed by atoms with Gasteiger partial charge >= 0.3 is 0 Å². The summed E-state index contributed by atoms with van der Waals surface area (Å²) in [5.41, 5.74) is 1.83. The van der Waals surface area contributed by atoms with Gasteiger partial charge in [0.2, 0.25) is 6.79 Å². The number of aryl methyl sites for hydroxylation is 1. The number of aliphatic hydroxyl groups is 1. The van der Waals surface area contributed by atoms with E-state index in [1.54, 1.807) is 0 Å². The Balaban J connectivity index is 2.57. The zero-order chi connectivity index (χ0) is 8.55. The van der Waals surface area contributed by atoms with E-state index in [4.69, 9.17) is 14.6 Å². The molecule has 0 saturated heterocycles. The molecule has 0 unspecified atom stereocenters. The monoisotopic (exact) mass is 166 g/mol. The third-order valence-electron chi connectivity index (χ3n) is 1.97. The molecule has 3 heteroatoms. The number of aliphatic hydroxyl groups excluding tert-OH is 1. The van der Waals surface area contributed by atoms with Crippen molar-refractivity contribution >= 4 is 0 Å². The van der Waals surface area contributed by atoms with Gasteiger partial charge < -0.3 is 14.6 Å². The smallest absolute Gasteiger partial charge is 0.231 e. The van der Waals surface area contributed by atoms with Gasteiger partial charge in [-0.1, -0.05) is 12.1 Å². The van der Waals surface area contributed by atoms with Crippen molar-refractivity contribution in [3.8, 4) is 11.5 Å². The summed E-state index contributed by atoms with van der Waals surface area (Å²) < 4.78 is 10.5. The molecule has 0 radical (unpaired) electrons. The van der Waals surface area contributed by atoms with Crippen LogP contribution in [0.4, 0.5) is 0 Å².